The van der Waals surface area contributed by atoms with Gasteiger partial charge in [0.1, 0.15) is 65.2 Å². The Hall–Kier alpha value is -5.94. The number of rotatable bonds is 7. The van der Waals surface area contributed by atoms with Crippen molar-refractivity contribution in [1.29, 1.82) is 0 Å². The summed E-state index contributed by atoms with van der Waals surface area (Å²) >= 11 is 0. The molecule has 0 spiro atoms. The molecule has 6 aromatic carbocycles. The van der Waals surface area contributed by atoms with Gasteiger partial charge in [-0.2, -0.15) is 0 Å². The molecule has 0 heterocycles. The predicted octanol–water partition coefficient (Wildman–Crippen LogP) is 8.63. The Morgan fingerprint density at radius 3 is 0.887 bits per heavy atom. The van der Waals surface area contributed by atoms with Crippen LogP contribution in [0.3, 0.4) is 0 Å². The van der Waals surface area contributed by atoms with Crippen molar-refractivity contribution in [3.05, 3.63) is 164 Å². The quantitative estimate of drug-likeness (QED) is 0.0402. The molecule has 0 N–H and O–H groups in total. The molecule has 24 heteroatoms. The molecule has 0 aliphatic heterocycles. The van der Waals surface area contributed by atoms with Gasteiger partial charge in [-0.05, 0) is 16.8 Å². The van der Waals surface area contributed by atoms with Gasteiger partial charge in [0.2, 0.25) is 5.78 Å². The maximum Gasteiger partial charge on any atom is 0.211 e. The van der Waals surface area contributed by atoms with Gasteiger partial charge in [0, 0.05) is 5.56 Å². The molecule has 328 valence electrons. The smallest absolute Gasteiger partial charge is 0.211 e. The van der Waals surface area contributed by atoms with Crippen LogP contribution in [-0.4, -0.2) is 30.2 Å². The van der Waals surface area contributed by atoms with E-state index >= 15 is 35.1 Å². The van der Waals surface area contributed by atoms with Crippen LogP contribution < -0.4 is 21.9 Å². The van der Waals surface area contributed by atoms with Gasteiger partial charge in [0.25, 0.3) is 0 Å². The van der Waals surface area contributed by atoms with Crippen LogP contribution in [0, 0.1) is 116 Å². The van der Waals surface area contributed by atoms with Gasteiger partial charge in [0.05, 0.1) is 9.93 Å². The third-order valence-electron chi connectivity index (χ3n) is 9.26. The Morgan fingerprint density at radius 2 is 0.629 bits per heavy atom. The number of hydrogen-bond acceptors (Lipinski definition) is 2. The van der Waals surface area contributed by atoms with Crippen molar-refractivity contribution in [3.63, 3.8) is 0 Å². The molecule has 62 heavy (non-hydrogen) atoms. The van der Waals surface area contributed by atoms with Gasteiger partial charge in [-0.15, -0.1) is 26.1 Å². The number of carbonyl (C=O) groups is 1. The molecule has 6 aromatic rings. The standard InChI is InChI=1S/C24BF20.C14H15O2S/c26-5-1(6(27)14(35)21(42)13(5)34)25(2-7(28)15(36)22(43)16(37)8(2)29,3-9(30)17(38)23(44)18(39)10(3)31)4-11(32)19(40)24(45)20(41)12(4)33;1-17(2,16)10-14(15)13-8-7-11-5-3-4-6-12(11)9-13/h;3-9H,10H2,1-2H3/q-1;+1. The zero-order chi connectivity index (χ0) is 46.8. The first-order valence-electron chi connectivity index (χ1n) is 16.3. The summed E-state index contributed by atoms with van der Waals surface area (Å²) in [7, 11) is -2.02. The summed E-state index contributed by atoms with van der Waals surface area (Å²) in [6, 6.07) is 13.5. The lowest BCUT2D eigenvalue weighted by molar-refractivity contribution is 0.102. The van der Waals surface area contributed by atoms with Crippen LogP contribution in [0.25, 0.3) is 10.8 Å². The molecule has 0 aliphatic carbocycles. The van der Waals surface area contributed by atoms with Crippen molar-refractivity contribution < 1.29 is 96.8 Å². The zero-order valence-electron chi connectivity index (χ0n) is 30.1. The first-order valence-corrected chi connectivity index (χ1v) is 18.9. The Balaban J connectivity index is 0.000000355. The van der Waals surface area contributed by atoms with Crippen molar-refractivity contribution in [2.45, 2.75) is 0 Å². The van der Waals surface area contributed by atoms with E-state index in [9.17, 15) is 61.7 Å². The molecule has 0 aromatic heterocycles. The van der Waals surface area contributed by atoms with Gasteiger partial charge >= 0.3 is 0 Å². The molecule has 6 rings (SSSR count). The van der Waals surface area contributed by atoms with Crippen LogP contribution in [0.1, 0.15) is 10.4 Å². The summed E-state index contributed by atoms with van der Waals surface area (Å²) in [5, 5.41) is 2.15. The maximum atomic E-state index is 15.4. The Morgan fingerprint density at radius 1 is 0.387 bits per heavy atom. The molecule has 2 nitrogen and oxygen atoms in total. The van der Waals surface area contributed by atoms with Crippen molar-refractivity contribution in [1.82, 2.24) is 0 Å². The molecule has 0 amide bonds. The molecule has 0 saturated carbocycles. The van der Waals surface area contributed by atoms with Crippen LogP contribution >= 0.6 is 0 Å². The lowest BCUT2D eigenvalue weighted by Crippen LogP contribution is -2.81. The van der Waals surface area contributed by atoms with Gasteiger partial charge < -0.3 is 0 Å². The molecular formula is C38H15BF20O2S. The Kier molecular flexibility index (Phi) is 12.7. The predicted molar refractivity (Wildman–Crippen MR) is 182 cm³/mol. The number of ketones is 1. The highest BCUT2D eigenvalue weighted by Crippen LogP contribution is 2.31. The largest absolute Gasteiger partial charge is 0.289 e. The number of Topliss-reactive ketones (excluding diaryl/α,β-unsaturated/α-hetero) is 1. The topological polar surface area (TPSA) is 34.1 Å². The monoisotopic (exact) mass is 926 g/mol. The van der Waals surface area contributed by atoms with Crippen LogP contribution in [0.5, 0.6) is 0 Å². The van der Waals surface area contributed by atoms with E-state index in [1.807, 2.05) is 36.4 Å². The van der Waals surface area contributed by atoms with Crippen LogP contribution in [0.4, 0.5) is 87.8 Å². The summed E-state index contributed by atoms with van der Waals surface area (Å²) in [5.74, 6) is -71.3. The zero-order valence-corrected chi connectivity index (χ0v) is 30.9. The molecule has 0 saturated heterocycles. The lowest BCUT2D eigenvalue weighted by Gasteiger charge is -2.44. The third kappa shape index (κ3) is 7.44. The fourth-order valence-electron chi connectivity index (χ4n) is 6.64. The van der Waals surface area contributed by atoms with E-state index in [0.717, 1.165) is 10.8 Å². The second-order valence-electron chi connectivity index (χ2n) is 13.4. The number of fused-ring (bicyclic) bond motifs is 1. The minimum atomic E-state index is -7.22. The average Bonchev–Trinajstić information content (AvgIpc) is 3.23. The molecule has 0 aliphatic rings. The molecule has 0 unspecified atom stereocenters. The van der Waals surface area contributed by atoms with E-state index in [1.54, 1.807) is 18.6 Å². The van der Waals surface area contributed by atoms with Crippen LogP contribution in [0.2, 0.25) is 0 Å². The summed E-state index contributed by atoms with van der Waals surface area (Å²) in [6.45, 7) is 0. The highest BCUT2D eigenvalue weighted by Gasteiger charge is 2.52. The van der Waals surface area contributed by atoms with E-state index in [0.29, 0.717) is 5.56 Å². The second-order valence-corrected chi connectivity index (χ2v) is 16.5. The number of hydrogen-bond donors (Lipinski definition) is 0. The van der Waals surface area contributed by atoms with Crippen molar-refractivity contribution in [3.8, 4) is 0 Å². The SMILES string of the molecule is C[S+](C)(=O)CC(=O)c1ccc2ccccc2c1.Fc1c(F)c(F)c([B-](c2c(F)c(F)c(F)c(F)c2F)(c2c(F)c(F)c(F)c(F)c2F)c2c(F)c(F)c(F)c(F)c2F)c(F)c1F. The van der Waals surface area contributed by atoms with Crippen LogP contribution in [-0.2, 0) is 14.1 Å². The Labute approximate surface area is 333 Å². The fraction of sp³-hybridized carbons (Fsp3) is 0.0789. The number of benzene rings is 6. The molecule has 0 bridgehead atoms. The van der Waals surface area contributed by atoms with E-state index < -0.39 is 154 Å². The highest BCUT2D eigenvalue weighted by atomic mass is 32.2. The van der Waals surface area contributed by atoms with Gasteiger partial charge in [-0.25, -0.2) is 87.8 Å². The first kappa shape index (κ1) is 47.1. The minimum absolute atomic E-state index is 0.0502. The number of halogens is 20. The summed E-state index contributed by atoms with van der Waals surface area (Å²) in [6.07, 6.45) is -3.98. The summed E-state index contributed by atoms with van der Waals surface area (Å²) in [5.41, 5.74) is -13.7. The maximum absolute atomic E-state index is 15.4. The van der Waals surface area contributed by atoms with Gasteiger partial charge in [-0.1, -0.05) is 36.4 Å². The highest BCUT2D eigenvalue weighted by molar-refractivity contribution is 8.02. The second kappa shape index (κ2) is 16.7. The first-order chi connectivity index (χ1) is 28.7. The van der Waals surface area contributed by atoms with Crippen LogP contribution in [0.15, 0.2) is 42.5 Å². The average molecular weight is 926 g/mol. The molecular weight excluding hydrogens is 911 g/mol. The van der Waals surface area contributed by atoms with Crippen molar-refractivity contribution >= 4 is 54.5 Å². The molecule has 0 radical (unpaired) electrons. The normalized spacial score (nSPS) is 11.9. The van der Waals surface area contributed by atoms with E-state index in [1.165, 1.54) is 0 Å². The van der Waals surface area contributed by atoms with Gasteiger partial charge in [-0.3, -0.25) is 4.79 Å². The van der Waals surface area contributed by atoms with Gasteiger partial charge in [0.15, 0.2) is 75.6 Å². The molecule has 0 atom stereocenters. The summed E-state index contributed by atoms with van der Waals surface area (Å²) < 4.78 is 306. The van der Waals surface area contributed by atoms with E-state index in [-0.39, 0.29) is 11.5 Å². The van der Waals surface area contributed by atoms with Crippen molar-refractivity contribution in [2.24, 2.45) is 0 Å². The van der Waals surface area contributed by atoms with E-state index in [2.05, 4.69) is 0 Å². The van der Waals surface area contributed by atoms with Crippen molar-refractivity contribution in [2.75, 3.05) is 18.3 Å². The fourth-order valence-corrected chi connectivity index (χ4v) is 7.43. The summed E-state index contributed by atoms with van der Waals surface area (Å²) in [4.78, 5) is 11.9. The number of carbonyl (C=O) groups excluding carboxylic acids is 1. The van der Waals surface area contributed by atoms with E-state index in [4.69, 9.17) is 0 Å². The third-order valence-corrected chi connectivity index (χ3v) is 10.2. The Bertz CT molecular complexity index is 2530. The minimum Gasteiger partial charge on any atom is -0.289 e. The lowest BCUT2D eigenvalue weighted by atomic mass is 9.12. The molecule has 0 fully saturated rings.